The summed E-state index contributed by atoms with van der Waals surface area (Å²) in [6, 6.07) is 0. The fourth-order valence-electron chi connectivity index (χ4n) is 8.05. The highest BCUT2D eigenvalue weighted by molar-refractivity contribution is 7.88. The van der Waals surface area contributed by atoms with Crippen molar-refractivity contribution in [3.05, 3.63) is 0 Å². The van der Waals surface area contributed by atoms with Gasteiger partial charge >= 0.3 is 17.9 Å². The second-order valence-corrected chi connectivity index (χ2v) is 19.7. The highest BCUT2D eigenvalue weighted by Crippen LogP contribution is 2.53. The molecule has 0 aliphatic heterocycles. The zero-order chi connectivity index (χ0) is 39.0. The van der Waals surface area contributed by atoms with E-state index in [-0.39, 0.29) is 22.2 Å². The van der Waals surface area contributed by atoms with Crippen molar-refractivity contribution in [1.82, 2.24) is 4.31 Å². The van der Waals surface area contributed by atoms with Crippen LogP contribution in [0.4, 0.5) is 0 Å². The Morgan fingerprint density at radius 3 is 0.774 bits per heavy atom. The molecule has 3 N–H and O–H groups in total. The van der Waals surface area contributed by atoms with Crippen molar-refractivity contribution in [3.63, 3.8) is 0 Å². The van der Waals surface area contributed by atoms with Gasteiger partial charge in [-0.3, -0.25) is 19.2 Å². The number of amides is 1. The molecule has 4 saturated carbocycles. The lowest BCUT2D eigenvalue weighted by Gasteiger charge is -2.21. The first kappa shape index (κ1) is 45.2. The van der Waals surface area contributed by atoms with Crippen molar-refractivity contribution in [2.45, 2.75) is 205 Å². The fourth-order valence-corrected chi connectivity index (χ4v) is 8.55. The first-order valence-electron chi connectivity index (χ1n) is 21.3. The van der Waals surface area contributed by atoms with Crippen LogP contribution in [0.1, 0.15) is 205 Å². The van der Waals surface area contributed by atoms with Crippen molar-refractivity contribution >= 4 is 33.8 Å². The Labute approximate surface area is 320 Å². The summed E-state index contributed by atoms with van der Waals surface area (Å²) in [6.45, 7) is 0. The van der Waals surface area contributed by atoms with Gasteiger partial charge in [-0.2, -0.15) is 0 Å². The van der Waals surface area contributed by atoms with E-state index in [0.717, 1.165) is 126 Å². The molecule has 11 heteroatoms. The van der Waals surface area contributed by atoms with E-state index in [0.29, 0.717) is 0 Å². The summed E-state index contributed by atoms with van der Waals surface area (Å²) in [5.74, 6) is -2.00. The number of carbonyl (C=O) groups is 4. The molecule has 4 fully saturated rings. The van der Waals surface area contributed by atoms with Gasteiger partial charge in [0, 0.05) is 7.05 Å². The molecule has 0 unspecified atom stereocenters. The molecular weight excluding hydrogens is 695 g/mol. The van der Waals surface area contributed by atoms with E-state index in [1.807, 2.05) is 0 Å². The Kier molecular flexibility index (Phi) is 18.1. The van der Waals surface area contributed by atoms with Gasteiger partial charge in [0.05, 0.1) is 27.9 Å². The molecule has 0 spiro atoms. The average Bonchev–Trinajstić information content (AvgIpc) is 3.93. The third kappa shape index (κ3) is 15.5. The lowest BCUT2D eigenvalue weighted by Crippen LogP contribution is -2.38. The van der Waals surface area contributed by atoms with Crippen LogP contribution in [-0.4, -0.2) is 65.2 Å². The minimum absolute atomic E-state index is 0.226. The van der Waals surface area contributed by atoms with Gasteiger partial charge in [-0.25, -0.2) is 12.7 Å². The molecule has 0 aromatic rings. The van der Waals surface area contributed by atoms with E-state index in [4.69, 9.17) is 15.3 Å². The Morgan fingerprint density at radius 2 is 0.604 bits per heavy atom. The van der Waals surface area contributed by atoms with Gasteiger partial charge in [-0.1, -0.05) is 128 Å². The van der Waals surface area contributed by atoms with Crippen molar-refractivity contribution in [1.29, 1.82) is 0 Å². The summed E-state index contributed by atoms with van der Waals surface area (Å²) in [5, 5.41) is 27.4. The summed E-state index contributed by atoms with van der Waals surface area (Å²) in [5.41, 5.74) is -1.43. The number of aliphatic carboxylic acids is 3. The van der Waals surface area contributed by atoms with Gasteiger partial charge in [-0.15, -0.1) is 0 Å². The topological polar surface area (TPSA) is 166 Å². The van der Waals surface area contributed by atoms with E-state index in [2.05, 4.69) is 0 Å². The number of sulfonamides is 1. The third-order valence-corrected chi connectivity index (χ3v) is 14.3. The number of carboxylic acid groups (broad SMARTS) is 3. The highest BCUT2D eigenvalue weighted by atomic mass is 32.2. The number of nitrogens with zero attached hydrogens (tertiary/aromatic N) is 1. The highest BCUT2D eigenvalue weighted by Gasteiger charge is 2.52. The Hall–Kier alpha value is -2.17. The van der Waals surface area contributed by atoms with E-state index >= 15 is 0 Å². The zero-order valence-electron chi connectivity index (χ0n) is 33.3. The molecule has 1 amide bonds. The van der Waals surface area contributed by atoms with Crippen molar-refractivity contribution in [2.24, 2.45) is 21.7 Å². The summed E-state index contributed by atoms with van der Waals surface area (Å²) in [4.78, 5) is 45.6. The lowest BCUT2D eigenvalue weighted by atomic mass is 9.96. The molecule has 0 radical (unpaired) electrons. The second kappa shape index (κ2) is 21.2. The molecule has 0 atom stereocenters. The molecular formula is C42H73NO9S. The summed E-state index contributed by atoms with van der Waals surface area (Å²) < 4.78 is 24.0. The van der Waals surface area contributed by atoms with Crippen LogP contribution in [0.5, 0.6) is 0 Å². The number of carbonyl (C=O) groups excluding carboxylic acids is 1. The first-order chi connectivity index (χ1) is 25.1. The molecule has 4 aliphatic carbocycles. The number of rotatable bonds is 31. The van der Waals surface area contributed by atoms with Gasteiger partial charge in [0.2, 0.25) is 15.9 Å². The quantitative estimate of drug-likeness (QED) is 0.0582. The van der Waals surface area contributed by atoms with Crippen LogP contribution < -0.4 is 0 Å². The maximum atomic E-state index is 12.4. The molecule has 0 aromatic carbocycles. The van der Waals surface area contributed by atoms with Gasteiger partial charge in [-0.05, 0) is 77.0 Å². The predicted octanol–water partition coefficient (Wildman–Crippen LogP) is 10.1. The standard InChI is InChI=1S/C22H39NO5S.C20H34O4/c1-23(29(2,27)28)19(24)21(15-16-21)13-11-9-7-5-3-4-6-8-10-12-14-22(17-18-22)20(25)26;21-17(22)19(13-14-19)11-9-7-5-3-1-2-4-6-8-10-12-20(15-16-20)18(23)24/h3-18H2,1-2H3,(H,25,26);1-16H2,(H,21,22)(H,23,24). The van der Waals surface area contributed by atoms with Crippen LogP contribution in [0, 0.1) is 21.7 Å². The summed E-state index contributed by atoms with van der Waals surface area (Å²) in [6.07, 6.45) is 35.0. The molecule has 0 saturated heterocycles. The molecule has 4 aliphatic rings. The minimum Gasteiger partial charge on any atom is -0.481 e. The maximum absolute atomic E-state index is 12.4. The average molecular weight is 768 g/mol. The number of hydrogen-bond donors (Lipinski definition) is 3. The second-order valence-electron chi connectivity index (χ2n) is 17.6. The van der Waals surface area contributed by atoms with Crippen LogP contribution in [-0.2, 0) is 29.2 Å². The fraction of sp³-hybridized carbons (Fsp3) is 0.905. The van der Waals surface area contributed by atoms with Crippen molar-refractivity contribution in [2.75, 3.05) is 13.3 Å². The van der Waals surface area contributed by atoms with Gasteiger partial charge in [0.15, 0.2) is 0 Å². The van der Waals surface area contributed by atoms with Crippen LogP contribution in [0.25, 0.3) is 0 Å². The normalized spacial score (nSPS) is 19.4. The number of carboxylic acids is 3. The van der Waals surface area contributed by atoms with Crippen LogP contribution in [0.3, 0.4) is 0 Å². The monoisotopic (exact) mass is 768 g/mol. The molecule has 0 aromatic heterocycles. The Bertz CT molecular complexity index is 1240. The number of unbranched alkanes of at least 4 members (excludes halogenated alkanes) is 18. The lowest BCUT2D eigenvalue weighted by molar-refractivity contribution is -0.144. The SMILES string of the molecule is CN(C(=O)C1(CCCCCCCCCCCCC2(C(=O)O)CC2)CC1)S(C)(=O)=O.O=C(O)C1(CCCCCCCCCCCCC2(C(=O)O)CC2)CC1. The van der Waals surface area contributed by atoms with Crippen LogP contribution in [0.15, 0.2) is 0 Å². The van der Waals surface area contributed by atoms with Crippen LogP contribution >= 0.6 is 0 Å². The molecule has 0 heterocycles. The summed E-state index contributed by atoms with van der Waals surface area (Å²) in [7, 11) is -2.08. The van der Waals surface area contributed by atoms with E-state index in [1.165, 1.54) is 96.9 Å². The van der Waals surface area contributed by atoms with E-state index in [1.54, 1.807) is 0 Å². The third-order valence-electron chi connectivity index (χ3n) is 13.1. The molecule has 306 valence electrons. The van der Waals surface area contributed by atoms with Gasteiger partial charge < -0.3 is 15.3 Å². The van der Waals surface area contributed by atoms with E-state index in [9.17, 15) is 27.6 Å². The molecule has 10 nitrogen and oxygen atoms in total. The smallest absolute Gasteiger partial charge is 0.309 e. The zero-order valence-corrected chi connectivity index (χ0v) is 34.1. The predicted molar refractivity (Wildman–Crippen MR) is 208 cm³/mol. The Morgan fingerprint density at radius 1 is 0.415 bits per heavy atom. The maximum Gasteiger partial charge on any atom is 0.309 e. The van der Waals surface area contributed by atoms with Crippen molar-refractivity contribution < 1.29 is 42.9 Å². The molecule has 53 heavy (non-hydrogen) atoms. The van der Waals surface area contributed by atoms with E-state index < -0.39 is 33.3 Å². The molecule has 0 bridgehead atoms. The Balaban J connectivity index is 0.000000290. The first-order valence-corrected chi connectivity index (χ1v) is 23.2. The summed E-state index contributed by atoms with van der Waals surface area (Å²) >= 11 is 0. The van der Waals surface area contributed by atoms with Gasteiger partial charge in [0.25, 0.3) is 0 Å². The van der Waals surface area contributed by atoms with Crippen LogP contribution in [0.2, 0.25) is 0 Å². The number of hydrogen-bond acceptors (Lipinski definition) is 6. The van der Waals surface area contributed by atoms with Crippen molar-refractivity contribution in [3.8, 4) is 0 Å². The molecule has 4 rings (SSSR count). The largest absolute Gasteiger partial charge is 0.481 e. The van der Waals surface area contributed by atoms with Gasteiger partial charge in [0.1, 0.15) is 0 Å². The minimum atomic E-state index is -3.45.